The lowest BCUT2D eigenvalue weighted by atomic mass is 10.2. The molecule has 0 aliphatic heterocycles. The number of anilines is 1. The number of hydrogen-bond donors (Lipinski definition) is 2. The van der Waals surface area contributed by atoms with E-state index in [9.17, 15) is 0 Å². The minimum atomic E-state index is 0.697. The summed E-state index contributed by atoms with van der Waals surface area (Å²) in [5, 5.41) is 4.52. The Morgan fingerprint density at radius 3 is 3.00 bits per heavy atom. The van der Waals surface area contributed by atoms with Crippen LogP contribution in [0, 0.1) is 6.92 Å². The van der Waals surface area contributed by atoms with Crippen LogP contribution in [0.5, 0.6) is 0 Å². The first-order chi connectivity index (χ1) is 6.79. The number of rotatable bonds is 5. The molecule has 0 saturated heterocycles. The molecule has 0 spiro atoms. The number of nitrogens with two attached hydrogens (primary N) is 1. The Morgan fingerprint density at radius 2 is 2.36 bits per heavy atom. The third-order valence-electron chi connectivity index (χ3n) is 2.41. The highest BCUT2D eigenvalue weighted by atomic mass is 32.1. The van der Waals surface area contributed by atoms with Crippen molar-refractivity contribution in [1.82, 2.24) is 4.98 Å². The van der Waals surface area contributed by atoms with Gasteiger partial charge in [0.1, 0.15) is 0 Å². The highest BCUT2D eigenvalue weighted by Crippen LogP contribution is 2.29. The minimum absolute atomic E-state index is 0.697. The first-order valence-corrected chi connectivity index (χ1v) is 6.04. The number of hydrogen-bond acceptors (Lipinski definition) is 4. The fraction of sp³-hybridized carbons (Fsp3) is 0.700. The van der Waals surface area contributed by atoms with Crippen LogP contribution in [0.25, 0.3) is 0 Å². The topological polar surface area (TPSA) is 50.9 Å². The lowest BCUT2D eigenvalue weighted by Crippen LogP contribution is -1.99. The van der Waals surface area contributed by atoms with Gasteiger partial charge in [-0.05, 0) is 39.2 Å². The average Bonchev–Trinajstić information content (AvgIpc) is 2.88. The summed E-state index contributed by atoms with van der Waals surface area (Å²) in [5.74, 6) is 0. The maximum Gasteiger partial charge on any atom is 0.183 e. The van der Waals surface area contributed by atoms with Gasteiger partial charge in [-0.1, -0.05) is 0 Å². The summed E-state index contributed by atoms with van der Waals surface area (Å²) in [6.07, 6.45) is 4.74. The van der Waals surface area contributed by atoms with Gasteiger partial charge in [0.25, 0.3) is 0 Å². The van der Waals surface area contributed by atoms with Gasteiger partial charge in [-0.25, -0.2) is 4.98 Å². The zero-order valence-corrected chi connectivity index (χ0v) is 9.36. The average molecular weight is 211 g/mol. The summed E-state index contributed by atoms with van der Waals surface area (Å²) in [6.45, 7) is 2.85. The molecule has 4 heteroatoms. The molecule has 3 nitrogen and oxygen atoms in total. The first kappa shape index (κ1) is 9.93. The summed E-state index contributed by atoms with van der Waals surface area (Å²) in [5.41, 5.74) is 6.67. The van der Waals surface area contributed by atoms with Crippen LogP contribution in [-0.2, 0) is 6.42 Å². The zero-order chi connectivity index (χ0) is 9.97. The Balaban J connectivity index is 1.96. The quantitative estimate of drug-likeness (QED) is 0.782. The van der Waals surface area contributed by atoms with Crippen molar-refractivity contribution < 1.29 is 0 Å². The van der Waals surface area contributed by atoms with E-state index in [1.807, 2.05) is 0 Å². The lowest BCUT2D eigenvalue weighted by Gasteiger charge is -1.96. The van der Waals surface area contributed by atoms with Gasteiger partial charge in [-0.15, -0.1) is 11.3 Å². The molecule has 3 N–H and O–H groups in total. The molecule has 14 heavy (non-hydrogen) atoms. The van der Waals surface area contributed by atoms with E-state index in [4.69, 9.17) is 5.73 Å². The van der Waals surface area contributed by atoms with E-state index in [1.165, 1.54) is 23.4 Å². The Morgan fingerprint density at radius 1 is 1.57 bits per heavy atom. The molecule has 1 aromatic heterocycles. The van der Waals surface area contributed by atoms with Gasteiger partial charge in [-0.2, -0.15) is 0 Å². The molecule has 1 saturated carbocycles. The maximum atomic E-state index is 5.49. The third kappa shape index (κ3) is 2.45. The Labute approximate surface area is 88.7 Å². The maximum absolute atomic E-state index is 5.49. The molecular formula is C10H17N3S. The Bertz CT molecular complexity index is 304. The molecule has 1 aromatic rings. The van der Waals surface area contributed by atoms with Crippen LogP contribution in [0.15, 0.2) is 0 Å². The van der Waals surface area contributed by atoms with Crippen molar-refractivity contribution in [3.8, 4) is 0 Å². The zero-order valence-electron chi connectivity index (χ0n) is 8.55. The third-order valence-corrected chi connectivity index (χ3v) is 3.55. The summed E-state index contributed by atoms with van der Waals surface area (Å²) >= 11 is 1.79. The molecule has 2 rings (SSSR count). The highest BCUT2D eigenvalue weighted by molar-refractivity contribution is 7.15. The van der Waals surface area contributed by atoms with Gasteiger partial charge in [-0.3, -0.25) is 0 Å². The van der Waals surface area contributed by atoms with Crippen LogP contribution in [0.3, 0.4) is 0 Å². The number of nitrogens with zero attached hydrogens (tertiary/aromatic N) is 1. The fourth-order valence-electron chi connectivity index (χ4n) is 1.39. The second kappa shape index (κ2) is 4.28. The number of thiazole rings is 1. The summed E-state index contributed by atoms with van der Waals surface area (Å²) in [6, 6.07) is 0.697. The van der Waals surface area contributed by atoms with Crippen molar-refractivity contribution in [3.63, 3.8) is 0 Å². The van der Waals surface area contributed by atoms with Crippen LogP contribution >= 0.6 is 11.3 Å². The van der Waals surface area contributed by atoms with Crippen molar-refractivity contribution in [2.45, 2.75) is 38.6 Å². The SMILES string of the molecule is Cc1nc(NC2CC2)sc1CCCN. The van der Waals surface area contributed by atoms with E-state index in [-0.39, 0.29) is 0 Å². The van der Waals surface area contributed by atoms with Gasteiger partial charge in [0.15, 0.2) is 5.13 Å². The normalized spacial score (nSPS) is 15.9. The molecule has 1 heterocycles. The fourth-order valence-corrected chi connectivity index (χ4v) is 2.47. The van der Waals surface area contributed by atoms with E-state index in [0.29, 0.717) is 6.04 Å². The predicted octanol–water partition coefficient (Wildman–Crippen LogP) is 1.92. The van der Waals surface area contributed by atoms with Crippen LogP contribution in [0.4, 0.5) is 5.13 Å². The molecular weight excluding hydrogens is 194 g/mol. The van der Waals surface area contributed by atoms with Gasteiger partial charge in [0.2, 0.25) is 0 Å². The van der Waals surface area contributed by atoms with Crippen LogP contribution in [0.1, 0.15) is 29.8 Å². The van der Waals surface area contributed by atoms with E-state index >= 15 is 0 Å². The first-order valence-electron chi connectivity index (χ1n) is 5.22. The van der Waals surface area contributed by atoms with E-state index in [2.05, 4.69) is 17.2 Å². The summed E-state index contributed by atoms with van der Waals surface area (Å²) in [4.78, 5) is 5.90. The minimum Gasteiger partial charge on any atom is -0.359 e. The van der Waals surface area contributed by atoms with Crippen LogP contribution in [-0.4, -0.2) is 17.6 Å². The molecule has 0 radical (unpaired) electrons. The molecule has 78 valence electrons. The van der Waals surface area contributed by atoms with Crippen molar-refractivity contribution in [2.24, 2.45) is 5.73 Å². The molecule has 0 amide bonds. The monoisotopic (exact) mass is 211 g/mol. The van der Waals surface area contributed by atoms with Gasteiger partial charge in [0.05, 0.1) is 5.69 Å². The Kier molecular flexibility index (Phi) is 3.03. The molecule has 1 fully saturated rings. The van der Waals surface area contributed by atoms with Crippen molar-refractivity contribution in [1.29, 1.82) is 0 Å². The Hall–Kier alpha value is -0.610. The van der Waals surface area contributed by atoms with Gasteiger partial charge < -0.3 is 11.1 Å². The van der Waals surface area contributed by atoms with Crippen LogP contribution < -0.4 is 11.1 Å². The number of aryl methyl sites for hydroxylation is 2. The summed E-state index contributed by atoms with van der Waals surface area (Å²) in [7, 11) is 0. The van der Waals surface area contributed by atoms with Crippen molar-refractivity contribution in [2.75, 3.05) is 11.9 Å². The molecule has 1 aliphatic rings. The van der Waals surface area contributed by atoms with Gasteiger partial charge in [0, 0.05) is 10.9 Å². The lowest BCUT2D eigenvalue weighted by molar-refractivity contribution is 0.836. The predicted molar refractivity (Wildman–Crippen MR) is 60.9 cm³/mol. The van der Waals surface area contributed by atoms with E-state index < -0.39 is 0 Å². The highest BCUT2D eigenvalue weighted by Gasteiger charge is 2.22. The molecule has 0 atom stereocenters. The standard InChI is InChI=1S/C10H17N3S/c1-7-9(3-2-6-11)14-10(12-7)13-8-4-5-8/h8H,2-6,11H2,1H3,(H,12,13). The number of nitrogens with one attached hydrogen (secondary N) is 1. The smallest absolute Gasteiger partial charge is 0.183 e. The largest absolute Gasteiger partial charge is 0.359 e. The van der Waals surface area contributed by atoms with Crippen LogP contribution in [0.2, 0.25) is 0 Å². The van der Waals surface area contributed by atoms with E-state index in [1.54, 1.807) is 11.3 Å². The van der Waals surface area contributed by atoms with Crippen molar-refractivity contribution >= 4 is 16.5 Å². The van der Waals surface area contributed by atoms with Gasteiger partial charge >= 0.3 is 0 Å². The second-order valence-corrected chi connectivity index (χ2v) is 4.92. The number of aromatic nitrogens is 1. The molecule has 0 bridgehead atoms. The molecule has 1 aliphatic carbocycles. The second-order valence-electron chi connectivity index (χ2n) is 3.84. The molecule has 0 unspecified atom stereocenters. The van der Waals surface area contributed by atoms with E-state index in [0.717, 1.165) is 24.5 Å². The molecule has 0 aromatic carbocycles. The summed E-state index contributed by atoms with van der Waals surface area (Å²) < 4.78 is 0. The van der Waals surface area contributed by atoms with Crippen molar-refractivity contribution in [3.05, 3.63) is 10.6 Å².